The first kappa shape index (κ1) is 20.4. The third-order valence-electron chi connectivity index (χ3n) is 4.60. The number of nitrogens with one attached hydrogen (secondary N) is 1. The van der Waals surface area contributed by atoms with Gasteiger partial charge in [0.2, 0.25) is 5.91 Å². The zero-order valence-corrected chi connectivity index (χ0v) is 16.9. The van der Waals surface area contributed by atoms with Crippen LogP contribution in [0.4, 0.5) is 0 Å². The maximum absolute atomic E-state index is 12.5. The first-order valence-corrected chi connectivity index (χ1v) is 9.56. The van der Waals surface area contributed by atoms with Gasteiger partial charge in [-0.3, -0.25) is 9.59 Å². The maximum Gasteiger partial charge on any atom is 0.272 e. The SMILES string of the molecule is CCOc1cc(CNC(=O)CCn2c(=O)c(C)nc3ccccc32)ccc1OC. The Morgan fingerprint density at radius 2 is 1.97 bits per heavy atom. The lowest BCUT2D eigenvalue weighted by Crippen LogP contribution is -2.28. The van der Waals surface area contributed by atoms with Gasteiger partial charge in [0, 0.05) is 19.5 Å². The normalized spacial score (nSPS) is 10.7. The Labute approximate surface area is 169 Å². The van der Waals surface area contributed by atoms with Crippen LogP contribution in [0.5, 0.6) is 11.5 Å². The molecule has 152 valence electrons. The minimum absolute atomic E-state index is 0.135. The summed E-state index contributed by atoms with van der Waals surface area (Å²) in [5.74, 6) is 1.16. The molecule has 3 aromatic rings. The van der Waals surface area contributed by atoms with Crippen molar-refractivity contribution in [2.45, 2.75) is 33.4 Å². The molecule has 7 nitrogen and oxygen atoms in total. The molecule has 2 aromatic carbocycles. The van der Waals surface area contributed by atoms with E-state index in [1.54, 1.807) is 18.6 Å². The molecule has 0 aliphatic heterocycles. The first-order chi connectivity index (χ1) is 14.0. The number of benzene rings is 2. The third-order valence-corrected chi connectivity index (χ3v) is 4.60. The summed E-state index contributed by atoms with van der Waals surface area (Å²) >= 11 is 0. The Balaban J connectivity index is 1.66. The molecule has 3 rings (SSSR count). The van der Waals surface area contributed by atoms with Gasteiger partial charge in [-0.2, -0.15) is 0 Å². The number of carbonyl (C=O) groups is 1. The highest BCUT2D eigenvalue weighted by molar-refractivity contribution is 5.77. The molecule has 1 heterocycles. The van der Waals surface area contributed by atoms with Gasteiger partial charge in [-0.05, 0) is 43.7 Å². The largest absolute Gasteiger partial charge is 0.493 e. The van der Waals surface area contributed by atoms with Crippen LogP contribution in [0.15, 0.2) is 47.3 Å². The van der Waals surface area contributed by atoms with E-state index < -0.39 is 0 Å². The predicted molar refractivity (Wildman–Crippen MR) is 111 cm³/mol. The van der Waals surface area contributed by atoms with Gasteiger partial charge in [0.25, 0.3) is 5.56 Å². The van der Waals surface area contributed by atoms with Crippen molar-refractivity contribution in [1.29, 1.82) is 0 Å². The van der Waals surface area contributed by atoms with Gasteiger partial charge in [0.1, 0.15) is 5.69 Å². The predicted octanol–water partition coefficient (Wildman–Crippen LogP) is 2.82. The van der Waals surface area contributed by atoms with Crippen LogP contribution in [0.25, 0.3) is 11.0 Å². The Kier molecular flexibility index (Phi) is 6.49. The van der Waals surface area contributed by atoms with Crippen LogP contribution in [0, 0.1) is 6.92 Å². The van der Waals surface area contributed by atoms with E-state index >= 15 is 0 Å². The van der Waals surface area contributed by atoms with Crippen molar-refractivity contribution in [2.24, 2.45) is 0 Å². The first-order valence-electron chi connectivity index (χ1n) is 9.56. The summed E-state index contributed by atoms with van der Waals surface area (Å²) < 4.78 is 12.4. The van der Waals surface area contributed by atoms with Crippen LogP contribution in [-0.2, 0) is 17.9 Å². The number of aryl methyl sites for hydroxylation is 2. The number of methoxy groups -OCH3 is 1. The Bertz CT molecular complexity index is 1080. The van der Waals surface area contributed by atoms with Crippen LogP contribution < -0.4 is 20.3 Å². The van der Waals surface area contributed by atoms with Crippen molar-refractivity contribution in [2.75, 3.05) is 13.7 Å². The number of hydrogen-bond acceptors (Lipinski definition) is 5. The standard InChI is InChI=1S/C22H25N3O4/c1-4-29-20-13-16(9-10-19(20)28-3)14-23-21(26)11-12-25-18-8-6-5-7-17(18)24-15(2)22(25)27/h5-10,13H,4,11-12,14H2,1-3H3,(H,23,26). The monoisotopic (exact) mass is 395 g/mol. The van der Waals surface area contributed by atoms with Crippen molar-refractivity contribution in [1.82, 2.24) is 14.9 Å². The zero-order valence-electron chi connectivity index (χ0n) is 16.9. The van der Waals surface area contributed by atoms with E-state index in [1.807, 2.05) is 49.4 Å². The highest BCUT2D eigenvalue weighted by Crippen LogP contribution is 2.28. The van der Waals surface area contributed by atoms with Crippen LogP contribution in [0.3, 0.4) is 0 Å². The Morgan fingerprint density at radius 3 is 2.72 bits per heavy atom. The number of ether oxygens (including phenoxy) is 2. The lowest BCUT2D eigenvalue weighted by Gasteiger charge is -2.13. The summed E-state index contributed by atoms with van der Waals surface area (Å²) in [5, 5.41) is 2.89. The molecule has 1 aromatic heterocycles. The van der Waals surface area contributed by atoms with Crippen molar-refractivity contribution < 1.29 is 14.3 Å². The van der Waals surface area contributed by atoms with Gasteiger partial charge in [-0.25, -0.2) is 4.98 Å². The van der Waals surface area contributed by atoms with E-state index in [0.717, 1.165) is 16.6 Å². The molecule has 0 bridgehead atoms. The molecule has 29 heavy (non-hydrogen) atoms. The van der Waals surface area contributed by atoms with E-state index in [0.29, 0.717) is 36.9 Å². The van der Waals surface area contributed by atoms with Gasteiger partial charge in [0.15, 0.2) is 11.5 Å². The molecule has 1 N–H and O–H groups in total. The highest BCUT2D eigenvalue weighted by atomic mass is 16.5. The van der Waals surface area contributed by atoms with E-state index in [2.05, 4.69) is 10.3 Å². The summed E-state index contributed by atoms with van der Waals surface area (Å²) in [5.41, 5.74) is 2.63. The summed E-state index contributed by atoms with van der Waals surface area (Å²) in [6.45, 7) is 4.78. The van der Waals surface area contributed by atoms with Crippen LogP contribution in [0.1, 0.15) is 24.6 Å². The topological polar surface area (TPSA) is 82.5 Å². The minimum atomic E-state index is -0.173. The van der Waals surface area contributed by atoms with Crippen molar-refractivity contribution in [3.8, 4) is 11.5 Å². The van der Waals surface area contributed by atoms with Gasteiger partial charge in [-0.1, -0.05) is 18.2 Å². The van der Waals surface area contributed by atoms with Gasteiger partial charge in [-0.15, -0.1) is 0 Å². The number of carbonyl (C=O) groups excluding carboxylic acids is 1. The molecule has 0 radical (unpaired) electrons. The number of rotatable bonds is 8. The Morgan fingerprint density at radius 1 is 1.17 bits per heavy atom. The number of para-hydroxylation sites is 2. The molecule has 0 aliphatic rings. The summed E-state index contributed by atoms with van der Waals surface area (Å²) in [4.78, 5) is 29.2. The van der Waals surface area contributed by atoms with Gasteiger partial charge < -0.3 is 19.4 Å². The molecule has 0 spiro atoms. The van der Waals surface area contributed by atoms with Crippen LogP contribution in [0.2, 0.25) is 0 Å². The number of amides is 1. The summed E-state index contributed by atoms with van der Waals surface area (Å²) in [7, 11) is 1.59. The molecule has 1 amide bonds. The second-order valence-electron chi connectivity index (χ2n) is 6.59. The highest BCUT2D eigenvalue weighted by Gasteiger charge is 2.10. The average Bonchev–Trinajstić information content (AvgIpc) is 2.73. The quantitative estimate of drug-likeness (QED) is 0.634. The number of fused-ring (bicyclic) bond motifs is 1. The minimum Gasteiger partial charge on any atom is -0.493 e. The second kappa shape index (κ2) is 9.23. The number of aromatic nitrogens is 2. The Hall–Kier alpha value is -3.35. The fraction of sp³-hybridized carbons (Fsp3) is 0.318. The smallest absolute Gasteiger partial charge is 0.272 e. The van der Waals surface area contributed by atoms with Crippen molar-refractivity contribution in [3.63, 3.8) is 0 Å². The van der Waals surface area contributed by atoms with E-state index in [-0.39, 0.29) is 17.9 Å². The average molecular weight is 395 g/mol. The lowest BCUT2D eigenvalue weighted by molar-refractivity contribution is -0.121. The zero-order chi connectivity index (χ0) is 20.8. The molecule has 0 saturated heterocycles. The van der Waals surface area contributed by atoms with Crippen molar-refractivity contribution in [3.05, 3.63) is 64.1 Å². The molecular formula is C22H25N3O4. The molecule has 7 heteroatoms. The van der Waals surface area contributed by atoms with Gasteiger partial charge in [0.05, 0.1) is 24.8 Å². The summed E-state index contributed by atoms with van der Waals surface area (Å²) in [6.07, 6.45) is 0.196. The summed E-state index contributed by atoms with van der Waals surface area (Å²) in [6, 6.07) is 13.0. The third kappa shape index (κ3) is 4.74. The molecule has 0 saturated carbocycles. The number of hydrogen-bond donors (Lipinski definition) is 1. The molecule has 0 fully saturated rings. The molecule has 0 unspecified atom stereocenters. The van der Waals surface area contributed by atoms with Gasteiger partial charge >= 0.3 is 0 Å². The maximum atomic E-state index is 12.5. The van der Waals surface area contributed by atoms with Crippen molar-refractivity contribution >= 4 is 16.9 Å². The second-order valence-corrected chi connectivity index (χ2v) is 6.59. The fourth-order valence-electron chi connectivity index (χ4n) is 3.14. The fourth-order valence-corrected chi connectivity index (χ4v) is 3.14. The van der Waals surface area contributed by atoms with E-state index in [9.17, 15) is 9.59 Å². The van der Waals surface area contributed by atoms with Crippen LogP contribution in [-0.4, -0.2) is 29.2 Å². The van der Waals surface area contributed by atoms with Crippen LogP contribution >= 0.6 is 0 Å². The number of nitrogens with zero attached hydrogens (tertiary/aromatic N) is 2. The van der Waals surface area contributed by atoms with E-state index in [4.69, 9.17) is 9.47 Å². The lowest BCUT2D eigenvalue weighted by atomic mass is 10.2. The van der Waals surface area contributed by atoms with E-state index in [1.165, 1.54) is 0 Å². The molecule has 0 atom stereocenters. The molecule has 0 aliphatic carbocycles. The molecular weight excluding hydrogens is 370 g/mol.